The van der Waals surface area contributed by atoms with Crippen LogP contribution in [0.3, 0.4) is 0 Å². The highest BCUT2D eigenvalue weighted by Gasteiger charge is 2.00. The van der Waals surface area contributed by atoms with Crippen molar-refractivity contribution < 1.29 is 4.57 Å². The summed E-state index contributed by atoms with van der Waals surface area (Å²) in [7, 11) is 0. The first kappa shape index (κ1) is 7.26. The molecule has 0 aromatic carbocycles. The van der Waals surface area contributed by atoms with Gasteiger partial charge in [0.15, 0.2) is 18.9 Å². The lowest BCUT2D eigenvalue weighted by Crippen LogP contribution is -2.34. The molecule has 54 valence electrons. The van der Waals surface area contributed by atoms with Crippen LogP contribution in [0, 0.1) is 5.92 Å². The van der Waals surface area contributed by atoms with E-state index in [9.17, 15) is 0 Å². The average molecular weight is 136 g/mol. The molecule has 0 aliphatic heterocycles. The summed E-state index contributed by atoms with van der Waals surface area (Å²) in [5.41, 5.74) is 0. The van der Waals surface area contributed by atoms with Crippen LogP contribution in [-0.4, -0.2) is 0 Å². The number of rotatable bonds is 2. The van der Waals surface area contributed by atoms with Gasteiger partial charge >= 0.3 is 0 Å². The van der Waals surface area contributed by atoms with Crippen molar-refractivity contribution in [1.29, 1.82) is 0 Å². The van der Waals surface area contributed by atoms with Crippen LogP contribution in [0.15, 0.2) is 30.6 Å². The highest BCUT2D eigenvalue weighted by molar-refractivity contribution is 4.83. The third-order valence-corrected chi connectivity index (χ3v) is 1.35. The number of nitrogens with zero attached hydrogens (tertiary/aromatic N) is 1. The van der Waals surface area contributed by atoms with Gasteiger partial charge in [-0.1, -0.05) is 19.9 Å². The van der Waals surface area contributed by atoms with Crippen LogP contribution in [0.1, 0.15) is 13.8 Å². The summed E-state index contributed by atoms with van der Waals surface area (Å²) < 4.78 is 2.20. The van der Waals surface area contributed by atoms with E-state index in [2.05, 4.69) is 42.9 Å². The van der Waals surface area contributed by atoms with Crippen molar-refractivity contribution in [3.05, 3.63) is 30.6 Å². The second kappa shape index (κ2) is 3.35. The molecule has 1 rings (SSSR count). The molecule has 0 aliphatic rings. The van der Waals surface area contributed by atoms with Crippen molar-refractivity contribution >= 4 is 0 Å². The highest BCUT2D eigenvalue weighted by Crippen LogP contribution is 1.89. The highest BCUT2D eigenvalue weighted by atomic mass is 14.9. The van der Waals surface area contributed by atoms with E-state index in [0.29, 0.717) is 0 Å². The van der Waals surface area contributed by atoms with E-state index in [4.69, 9.17) is 0 Å². The molecule has 1 aromatic heterocycles. The maximum atomic E-state index is 2.22. The molecule has 1 heteroatoms. The van der Waals surface area contributed by atoms with E-state index in [-0.39, 0.29) is 0 Å². The van der Waals surface area contributed by atoms with Gasteiger partial charge in [0.25, 0.3) is 0 Å². The molecule has 1 aromatic rings. The number of hydrogen-bond donors (Lipinski definition) is 0. The quantitative estimate of drug-likeness (QED) is 0.544. The minimum Gasteiger partial charge on any atom is -0.205 e. The Morgan fingerprint density at radius 2 is 1.70 bits per heavy atom. The van der Waals surface area contributed by atoms with Crippen LogP contribution in [0.2, 0.25) is 0 Å². The molecule has 0 aliphatic carbocycles. The fourth-order valence-corrected chi connectivity index (χ4v) is 0.978. The molecule has 0 saturated carbocycles. The Morgan fingerprint density at radius 1 is 1.10 bits per heavy atom. The summed E-state index contributed by atoms with van der Waals surface area (Å²) >= 11 is 0. The van der Waals surface area contributed by atoms with Crippen molar-refractivity contribution in [1.82, 2.24) is 0 Å². The van der Waals surface area contributed by atoms with E-state index >= 15 is 0 Å². The first-order chi connectivity index (χ1) is 4.79. The first-order valence-electron chi connectivity index (χ1n) is 3.73. The lowest BCUT2D eigenvalue weighted by atomic mass is 10.2. The van der Waals surface area contributed by atoms with Crippen LogP contribution < -0.4 is 4.57 Å². The lowest BCUT2D eigenvalue weighted by Gasteiger charge is -1.97. The van der Waals surface area contributed by atoms with Gasteiger partial charge in [-0.2, -0.15) is 0 Å². The van der Waals surface area contributed by atoms with Crippen molar-refractivity contribution in [2.75, 3.05) is 0 Å². The summed E-state index contributed by atoms with van der Waals surface area (Å²) in [5, 5.41) is 0. The SMILES string of the molecule is CC(C)C[n+]1ccccc1. The van der Waals surface area contributed by atoms with Gasteiger partial charge < -0.3 is 0 Å². The molecule has 1 heterocycles. The van der Waals surface area contributed by atoms with Gasteiger partial charge in [-0.15, -0.1) is 0 Å². The van der Waals surface area contributed by atoms with E-state index < -0.39 is 0 Å². The van der Waals surface area contributed by atoms with E-state index in [1.165, 1.54) is 0 Å². The summed E-state index contributed by atoms with van der Waals surface area (Å²) in [6.45, 7) is 5.56. The Balaban J connectivity index is 2.59. The summed E-state index contributed by atoms with van der Waals surface area (Å²) in [4.78, 5) is 0. The molecule has 0 spiro atoms. The molecule has 0 amide bonds. The zero-order valence-electron chi connectivity index (χ0n) is 6.62. The second-order valence-electron chi connectivity index (χ2n) is 2.97. The molecule has 0 fully saturated rings. The van der Waals surface area contributed by atoms with Crippen molar-refractivity contribution in [3.63, 3.8) is 0 Å². The Morgan fingerprint density at radius 3 is 2.20 bits per heavy atom. The Bertz CT molecular complexity index is 179. The summed E-state index contributed by atoms with van der Waals surface area (Å²) in [6, 6.07) is 6.15. The fourth-order valence-electron chi connectivity index (χ4n) is 0.978. The molecule has 0 bridgehead atoms. The molecule has 0 radical (unpaired) electrons. The topological polar surface area (TPSA) is 3.88 Å². The first-order valence-corrected chi connectivity index (χ1v) is 3.73. The van der Waals surface area contributed by atoms with Gasteiger partial charge in [0.2, 0.25) is 0 Å². The molecule has 0 atom stereocenters. The predicted octanol–water partition coefficient (Wildman–Crippen LogP) is 1.63. The average Bonchev–Trinajstić information content (AvgIpc) is 1.88. The van der Waals surface area contributed by atoms with Crippen LogP contribution >= 0.6 is 0 Å². The molecule has 0 unspecified atom stereocenters. The van der Waals surface area contributed by atoms with Crippen LogP contribution in [0.5, 0.6) is 0 Å². The van der Waals surface area contributed by atoms with Crippen LogP contribution in [0.4, 0.5) is 0 Å². The normalized spacial score (nSPS) is 10.3. The zero-order chi connectivity index (χ0) is 7.40. The maximum Gasteiger partial charge on any atom is 0.168 e. The van der Waals surface area contributed by atoms with Gasteiger partial charge in [-0.05, 0) is 0 Å². The zero-order valence-corrected chi connectivity index (χ0v) is 6.62. The Labute approximate surface area is 62.3 Å². The maximum absolute atomic E-state index is 2.22. The van der Waals surface area contributed by atoms with Gasteiger partial charge in [-0.3, -0.25) is 0 Å². The number of hydrogen-bond acceptors (Lipinski definition) is 0. The summed E-state index contributed by atoms with van der Waals surface area (Å²) in [5.74, 6) is 0.729. The predicted molar refractivity (Wildman–Crippen MR) is 41.5 cm³/mol. The van der Waals surface area contributed by atoms with E-state index in [0.717, 1.165) is 12.5 Å². The second-order valence-corrected chi connectivity index (χ2v) is 2.97. The van der Waals surface area contributed by atoms with Crippen molar-refractivity contribution in [2.24, 2.45) is 5.92 Å². The van der Waals surface area contributed by atoms with Crippen LogP contribution in [0.25, 0.3) is 0 Å². The molecule has 1 nitrogen and oxygen atoms in total. The Kier molecular flexibility index (Phi) is 2.43. The third kappa shape index (κ3) is 2.18. The van der Waals surface area contributed by atoms with Crippen LogP contribution in [-0.2, 0) is 6.54 Å². The Hall–Kier alpha value is -0.850. The lowest BCUT2D eigenvalue weighted by molar-refractivity contribution is -0.702. The molecule has 0 N–H and O–H groups in total. The number of pyridine rings is 1. The van der Waals surface area contributed by atoms with Gasteiger partial charge in [0.1, 0.15) is 0 Å². The summed E-state index contributed by atoms with van der Waals surface area (Å²) in [6.07, 6.45) is 4.19. The minimum atomic E-state index is 0.729. The van der Waals surface area contributed by atoms with Gasteiger partial charge in [0, 0.05) is 18.1 Å². The van der Waals surface area contributed by atoms with E-state index in [1.807, 2.05) is 6.07 Å². The molecule has 10 heavy (non-hydrogen) atoms. The van der Waals surface area contributed by atoms with Crippen molar-refractivity contribution in [2.45, 2.75) is 20.4 Å². The minimum absolute atomic E-state index is 0.729. The smallest absolute Gasteiger partial charge is 0.168 e. The molecule has 0 saturated heterocycles. The van der Waals surface area contributed by atoms with Gasteiger partial charge in [-0.25, -0.2) is 4.57 Å². The van der Waals surface area contributed by atoms with E-state index in [1.54, 1.807) is 0 Å². The molecular formula is C9H14N+. The standard InChI is InChI=1S/C9H14N/c1-9(2)8-10-6-4-3-5-7-10/h3-7,9H,8H2,1-2H3/q+1. The third-order valence-electron chi connectivity index (χ3n) is 1.35. The van der Waals surface area contributed by atoms with Crippen molar-refractivity contribution in [3.8, 4) is 0 Å². The molecular weight excluding hydrogens is 122 g/mol. The van der Waals surface area contributed by atoms with Gasteiger partial charge in [0.05, 0.1) is 0 Å². The monoisotopic (exact) mass is 136 g/mol. The number of aromatic nitrogens is 1. The fraction of sp³-hybridized carbons (Fsp3) is 0.444. The largest absolute Gasteiger partial charge is 0.205 e.